The maximum absolute atomic E-state index is 12.7. The fourth-order valence-electron chi connectivity index (χ4n) is 2.61. The number of benzene rings is 2. The monoisotopic (exact) mass is 402 g/mol. The zero-order valence-corrected chi connectivity index (χ0v) is 16.2. The van der Waals surface area contributed by atoms with E-state index in [4.69, 9.17) is 4.74 Å². The second-order valence-electron chi connectivity index (χ2n) is 6.70. The maximum atomic E-state index is 12.7. The number of ether oxygens (including phenoxy) is 1. The van der Waals surface area contributed by atoms with E-state index in [1.165, 1.54) is 24.3 Å². The molecule has 1 saturated carbocycles. The lowest BCUT2D eigenvalue weighted by Crippen LogP contribution is -2.30. The molecule has 1 aliphatic carbocycles. The standard InChI is InChI=1S/C20H22N2O5S/c1-14(15-6-3-2-4-7-15)22-28(25,26)18-9-5-8-16(12-18)20(24)27-13-19(23)21-17-10-11-17/h2-9,12,14,17,22H,10-11,13H2,1H3,(H,21,23)/t14-/m0/s1. The Morgan fingerprint density at radius 2 is 1.82 bits per heavy atom. The molecule has 0 aromatic heterocycles. The lowest BCUT2D eigenvalue weighted by Gasteiger charge is -2.15. The van der Waals surface area contributed by atoms with Gasteiger partial charge in [-0.05, 0) is 43.5 Å². The summed E-state index contributed by atoms with van der Waals surface area (Å²) in [5.74, 6) is -1.11. The first-order chi connectivity index (χ1) is 13.3. The van der Waals surface area contributed by atoms with Crippen LogP contribution in [0.15, 0.2) is 59.5 Å². The minimum atomic E-state index is -3.84. The number of carbonyl (C=O) groups is 2. The first-order valence-electron chi connectivity index (χ1n) is 8.99. The van der Waals surface area contributed by atoms with Gasteiger partial charge in [0.25, 0.3) is 5.91 Å². The number of nitrogens with one attached hydrogen (secondary N) is 2. The fourth-order valence-corrected chi connectivity index (χ4v) is 3.89. The van der Waals surface area contributed by atoms with Crippen molar-refractivity contribution in [3.05, 3.63) is 65.7 Å². The predicted molar refractivity (Wildman–Crippen MR) is 103 cm³/mol. The van der Waals surface area contributed by atoms with Crippen LogP contribution in [0.3, 0.4) is 0 Å². The third-order valence-corrected chi connectivity index (χ3v) is 5.83. The molecule has 1 amide bonds. The van der Waals surface area contributed by atoms with Crippen LogP contribution in [0.1, 0.15) is 41.7 Å². The molecule has 0 bridgehead atoms. The van der Waals surface area contributed by atoms with E-state index in [9.17, 15) is 18.0 Å². The van der Waals surface area contributed by atoms with Gasteiger partial charge in [0.2, 0.25) is 10.0 Å². The normalized spacial score (nSPS) is 14.9. The fraction of sp³-hybridized carbons (Fsp3) is 0.300. The summed E-state index contributed by atoms with van der Waals surface area (Å²) < 4.78 is 32.9. The molecule has 0 aliphatic heterocycles. The average molecular weight is 402 g/mol. The number of rotatable bonds is 8. The van der Waals surface area contributed by atoms with Gasteiger partial charge in [-0.15, -0.1) is 0 Å². The van der Waals surface area contributed by atoms with Crippen molar-refractivity contribution in [3.63, 3.8) is 0 Å². The van der Waals surface area contributed by atoms with Gasteiger partial charge >= 0.3 is 5.97 Å². The molecule has 7 nitrogen and oxygen atoms in total. The minimum Gasteiger partial charge on any atom is -0.452 e. The number of hydrogen-bond acceptors (Lipinski definition) is 5. The molecule has 0 radical (unpaired) electrons. The highest BCUT2D eigenvalue weighted by Gasteiger charge is 2.24. The van der Waals surface area contributed by atoms with Crippen molar-refractivity contribution in [2.75, 3.05) is 6.61 Å². The van der Waals surface area contributed by atoms with Crippen LogP contribution >= 0.6 is 0 Å². The summed E-state index contributed by atoms with van der Waals surface area (Å²) in [6.07, 6.45) is 1.88. The van der Waals surface area contributed by atoms with Gasteiger partial charge in [-0.3, -0.25) is 4.79 Å². The molecule has 1 aliphatic rings. The van der Waals surface area contributed by atoms with Gasteiger partial charge < -0.3 is 10.1 Å². The molecular formula is C20H22N2O5S. The topological polar surface area (TPSA) is 102 Å². The Morgan fingerprint density at radius 3 is 2.50 bits per heavy atom. The molecule has 8 heteroatoms. The molecule has 28 heavy (non-hydrogen) atoms. The van der Waals surface area contributed by atoms with Gasteiger partial charge in [-0.25, -0.2) is 17.9 Å². The smallest absolute Gasteiger partial charge is 0.338 e. The van der Waals surface area contributed by atoms with Gasteiger partial charge in [-0.2, -0.15) is 0 Å². The number of hydrogen-bond donors (Lipinski definition) is 2. The van der Waals surface area contributed by atoms with Crippen LogP contribution < -0.4 is 10.0 Å². The number of sulfonamides is 1. The molecule has 0 unspecified atom stereocenters. The minimum absolute atomic E-state index is 0.0489. The van der Waals surface area contributed by atoms with Crippen molar-refractivity contribution in [2.24, 2.45) is 0 Å². The van der Waals surface area contributed by atoms with Crippen molar-refractivity contribution in [1.29, 1.82) is 0 Å². The van der Waals surface area contributed by atoms with Crippen molar-refractivity contribution in [2.45, 2.75) is 36.7 Å². The largest absolute Gasteiger partial charge is 0.452 e. The first-order valence-corrected chi connectivity index (χ1v) is 10.5. The first kappa shape index (κ1) is 20.0. The molecule has 2 aromatic carbocycles. The van der Waals surface area contributed by atoms with Crippen molar-refractivity contribution >= 4 is 21.9 Å². The van der Waals surface area contributed by atoms with Crippen molar-refractivity contribution < 1.29 is 22.7 Å². The molecule has 0 spiro atoms. The Morgan fingerprint density at radius 1 is 1.11 bits per heavy atom. The lowest BCUT2D eigenvalue weighted by atomic mass is 10.1. The summed E-state index contributed by atoms with van der Waals surface area (Å²) in [6.45, 7) is 1.35. The van der Waals surface area contributed by atoms with Crippen LogP contribution in [0.2, 0.25) is 0 Å². The summed E-state index contributed by atoms with van der Waals surface area (Å²) in [5.41, 5.74) is 0.887. The molecule has 1 fully saturated rings. The summed E-state index contributed by atoms with van der Waals surface area (Å²) in [7, 11) is -3.84. The Hall–Kier alpha value is -2.71. The van der Waals surface area contributed by atoms with Gasteiger partial charge in [0, 0.05) is 12.1 Å². The van der Waals surface area contributed by atoms with E-state index < -0.39 is 28.6 Å². The summed E-state index contributed by atoms with van der Waals surface area (Å²) in [5, 5.41) is 2.71. The second-order valence-corrected chi connectivity index (χ2v) is 8.41. The second kappa shape index (κ2) is 8.53. The van der Waals surface area contributed by atoms with Gasteiger partial charge in [-0.1, -0.05) is 36.4 Å². The molecule has 1 atom stereocenters. The zero-order valence-electron chi connectivity index (χ0n) is 15.4. The highest BCUT2D eigenvalue weighted by atomic mass is 32.2. The number of carbonyl (C=O) groups excluding carboxylic acids is 2. The lowest BCUT2D eigenvalue weighted by molar-refractivity contribution is -0.124. The molecule has 148 valence electrons. The third-order valence-electron chi connectivity index (χ3n) is 4.29. The Bertz CT molecular complexity index is 956. The van der Waals surface area contributed by atoms with Crippen LogP contribution in [0.25, 0.3) is 0 Å². The Balaban J connectivity index is 1.65. The van der Waals surface area contributed by atoms with Crippen molar-refractivity contribution in [1.82, 2.24) is 10.0 Å². The van der Waals surface area contributed by atoms with E-state index in [1.807, 2.05) is 30.3 Å². The molecule has 2 N–H and O–H groups in total. The number of amides is 1. The van der Waals surface area contributed by atoms with Gasteiger partial charge in [0.1, 0.15) is 0 Å². The molecule has 0 heterocycles. The average Bonchev–Trinajstić information content (AvgIpc) is 3.50. The quantitative estimate of drug-likeness (QED) is 0.659. The van der Waals surface area contributed by atoms with Gasteiger partial charge in [0.15, 0.2) is 6.61 Å². The van der Waals surface area contributed by atoms with E-state index in [-0.39, 0.29) is 22.4 Å². The van der Waals surface area contributed by atoms with Crippen LogP contribution in [0.5, 0.6) is 0 Å². The third kappa shape index (κ3) is 5.40. The van der Waals surface area contributed by atoms with Crippen LogP contribution in [-0.2, 0) is 19.6 Å². The van der Waals surface area contributed by atoms with Gasteiger partial charge in [0.05, 0.1) is 10.5 Å². The zero-order chi connectivity index (χ0) is 20.1. The number of esters is 1. The molecule has 2 aromatic rings. The van der Waals surface area contributed by atoms with E-state index in [0.717, 1.165) is 18.4 Å². The molecular weight excluding hydrogens is 380 g/mol. The highest BCUT2D eigenvalue weighted by molar-refractivity contribution is 7.89. The van der Waals surface area contributed by atoms with Crippen LogP contribution in [0.4, 0.5) is 0 Å². The summed E-state index contributed by atoms with van der Waals surface area (Å²) in [6, 6.07) is 14.4. The summed E-state index contributed by atoms with van der Waals surface area (Å²) >= 11 is 0. The molecule has 3 rings (SSSR count). The van der Waals surface area contributed by atoms with E-state index >= 15 is 0 Å². The van der Waals surface area contributed by atoms with E-state index in [2.05, 4.69) is 10.0 Å². The van der Waals surface area contributed by atoms with E-state index in [1.54, 1.807) is 6.92 Å². The molecule has 0 saturated heterocycles. The highest BCUT2D eigenvalue weighted by Crippen LogP contribution is 2.19. The van der Waals surface area contributed by atoms with Crippen LogP contribution in [0, 0.1) is 0 Å². The Labute approximate surface area is 164 Å². The Kier molecular flexibility index (Phi) is 6.11. The SMILES string of the molecule is C[C@H](NS(=O)(=O)c1cccc(C(=O)OCC(=O)NC2CC2)c1)c1ccccc1. The van der Waals surface area contributed by atoms with E-state index in [0.29, 0.717) is 0 Å². The summed E-state index contributed by atoms with van der Waals surface area (Å²) in [4.78, 5) is 23.7. The predicted octanol–water partition coefficient (Wildman–Crippen LogP) is 2.16. The van der Waals surface area contributed by atoms with Crippen LogP contribution in [-0.4, -0.2) is 32.9 Å². The maximum Gasteiger partial charge on any atom is 0.338 e. The van der Waals surface area contributed by atoms with Crippen molar-refractivity contribution in [3.8, 4) is 0 Å².